The van der Waals surface area contributed by atoms with Crippen LogP contribution in [0.1, 0.15) is 50.7 Å². The Balaban J connectivity index is 0.000000187. The molecule has 0 fully saturated rings. The van der Waals surface area contributed by atoms with Gasteiger partial charge in [0.25, 0.3) is 0 Å². The summed E-state index contributed by atoms with van der Waals surface area (Å²) in [6.07, 6.45) is 0. The summed E-state index contributed by atoms with van der Waals surface area (Å²) in [4.78, 5) is 0. The molecule has 0 heterocycles. The first kappa shape index (κ1) is 19.6. The fourth-order valence-corrected chi connectivity index (χ4v) is 2.80. The maximum atomic E-state index is 9.93. The van der Waals surface area contributed by atoms with Gasteiger partial charge in [0.15, 0.2) is 0 Å². The largest absolute Gasteiger partial charge is 0.508 e. The summed E-state index contributed by atoms with van der Waals surface area (Å²) < 4.78 is 0. The summed E-state index contributed by atoms with van der Waals surface area (Å²) in [5.41, 5.74) is 4.39. The fraction of sp³-hybridized carbons (Fsp3) is 0.250. The first-order chi connectivity index (χ1) is 12.4. The van der Waals surface area contributed by atoms with Crippen molar-refractivity contribution in [3.8, 4) is 22.6 Å². The number of phenols is 2. The third-order valence-electron chi connectivity index (χ3n) is 4.32. The van der Waals surface area contributed by atoms with Crippen molar-refractivity contribution in [2.75, 3.05) is 0 Å². The van der Waals surface area contributed by atoms with Crippen LogP contribution in [0.25, 0.3) is 11.1 Å². The molecule has 0 bridgehead atoms. The minimum Gasteiger partial charge on any atom is -0.508 e. The Hall–Kier alpha value is -2.74. The first-order valence-corrected chi connectivity index (χ1v) is 9.06. The Bertz CT molecular complexity index is 777. The summed E-state index contributed by atoms with van der Waals surface area (Å²) in [7, 11) is 0. The number of hydrogen-bond donors (Lipinski definition) is 2. The molecule has 0 unspecified atom stereocenters. The number of phenolic OH excluding ortho intramolecular Hbond substituents is 2. The fourth-order valence-electron chi connectivity index (χ4n) is 2.80. The molecule has 3 aromatic rings. The standard InChI is InChI=1S/C12H10O.C12H18O/c13-12-8-6-11(7-9-12)10-4-2-1-3-5-10;1-8(2)10-6-5-7-11(9(3)4)12(10)13/h1-9,13H;5-9,13H,1-4H3. The minimum absolute atomic E-state index is 0.305. The average Bonchev–Trinajstić information content (AvgIpc) is 2.63. The molecule has 2 heteroatoms. The zero-order valence-corrected chi connectivity index (χ0v) is 16.0. The third kappa shape index (κ3) is 5.13. The predicted octanol–water partition coefficient (Wildman–Crippen LogP) is 6.70. The Morgan fingerprint density at radius 1 is 0.538 bits per heavy atom. The molecule has 0 aromatic heterocycles. The Morgan fingerprint density at radius 2 is 1.00 bits per heavy atom. The van der Waals surface area contributed by atoms with Crippen molar-refractivity contribution in [1.82, 2.24) is 0 Å². The molecule has 2 N–H and O–H groups in total. The van der Waals surface area contributed by atoms with E-state index in [9.17, 15) is 5.11 Å². The number of benzene rings is 3. The van der Waals surface area contributed by atoms with Crippen molar-refractivity contribution >= 4 is 0 Å². The van der Waals surface area contributed by atoms with Crippen molar-refractivity contribution in [2.45, 2.75) is 39.5 Å². The highest BCUT2D eigenvalue weighted by Gasteiger charge is 2.11. The van der Waals surface area contributed by atoms with Gasteiger partial charge in [-0.3, -0.25) is 0 Å². The molecule has 0 saturated carbocycles. The lowest BCUT2D eigenvalue weighted by atomic mass is 9.94. The van der Waals surface area contributed by atoms with Gasteiger partial charge in [0.05, 0.1) is 0 Å². The van der Waals surface area contributed by atoms with Crippen LogP contribution in [0.3, 0.4) is 0 Å². The number of rotatable bonds is 3. The topological polar surface area (TPSA) is 40.5 Å². The molecular formula is C24H28O2. The van der Waals surface area contributed by atoms with E-state index in [0.717, 1.165) is 16.7 Å². The van der Waals surface area contributed by atoms with Gasteiger partial charge < -0.3 is 10.2 Å². The highest BCUT2D eigenvalue weighted by molar-refractivity contribution is 5.63. The molecule has 3 aromatic carbocycles. The van der Waals surface area contributed by atoms with Crippen LogP contribution < -0.4 is 0 Å². The Labute approximate surface area is 156 Å². The number of aromatic hydroxyl groups is 2. The van der Waals surface area contributed by atoms with Gasteiger partial charge in [-0.2, -0.15) is 0 Å². The zero-order valence-electron chi connectivity index (χ0n) is 16.0. The first-order valence-electron chi connectivity index (χ1n) is 9.06. The van der Waals surface area contributed by atoms with Crippen molar-refractivity contribution in [1.29, 1.82) is 0 Å². The zero-order chi connectivity index (χ0) is 19.1. The normalized spacial score (nSPS) is 10.5. The Kier molecular flexibility index (Phi) is 6.85. The highest BCUT2D eigenvalue weighted by atomic mass is 16.3. The molecule has 136 valence electrons. The van der Waals surface area contributed by atoms with Gasteiger partial charge in [0, 0.05) is 0 Å². The molecular weight excluding hydrogens is 320 g/mol. The van der Waals surface area contributed by atoms with Crippen LogP contribution in [0.5, 0.6) is 11.5 Å². The monoisotopic (exact) mass is 348 g/mol. The number of hydrogen-bond acceptors (Lipinski definition) is 2. The van der Waals surface area contributed by atoms with E-state index < -0.39 is 0 Å². The van der Waals surface area contributed by atoms with E-state index in [1.54, 1.807) is 12.1 Å². The number of para-hydroxylation sites is 1. The smallest absolute Gasteiger partial charge is 0.122 e. The average molecular weight is 348 g/mol. The maximum absolute atomic E-state index is 9.93. The predicted molar refractivity (Wildman–Crippen MR) is 110 cm³/mol. The summed E-state index contributed by atoms with van der Waals surface area (Å²) in [6, 6.07) is 23.3. The lowest BCUT2D eigenvalue weighted by molar-refractivity contribution is 0.454. The van der Waals surface area contributed by atoms with E-state index in [-0.39, 0.29) is 0 Å². The third-order valence-corrected chi connectivity index (χ3v) is 4.32. The summed E-state index contributed by atoms with van der Waals surface area (Å²) >= 11 is 0. The summed E-state index contributed by atoms with van der Waals surface area (Å²) in [5, 5.41) is 19.0. The van der Waals surface area contributed by atoms with Gasteiger partial charge >= 0.3 is 0 Å². The molecule has 0 atom stereocenters. The second kappa shape index (κ2) is 9.10. The molecule has 2 nitrogen and oxygen atoms in total. The molecule has 26 heavy (non-hydrogen) atoms. The van der Waals surface area contributed by atoms with Crippen LogP contribution in [-0.4, -0.2) is 10.2 Å². The van der Waals surface area contributed by atoms with E-state index in [2.05, 4.69) is 27.7 Å². The molecule has 0 aliphatic rings. The van der Waals surface area contributed by atoms with Crippen LogP contribution in [0.4, 0.5) is 0 Å². The Morgan fingerprint density at radius 3 is 1.46 bits per heavy atom. The molecule has 0 radical (unpaired) electrons. The maximum Gasteiger partial charge on any atom is 0.122 e. The SMILES string of the molecule is CC(C)c1cccc(C(C)C)c1O.Oc1ccc(-c2ccccc2)cc1. The molecule has 0 aliphatic heterocycles. The van der Waals surface area contributed by atoms with E-state index >= 15 is 0 Å². The van der Waals surface area contributed by atoms with E-state index in [1.807, 2.05) is 60.7 Å². The quantitative estimate of drug-likeness (QED) is 0.553. The van der Waals surface area contributed by atoms with Crippen LogP contribution in [0.2, 0.25) is 0 Å². The van der Waals surface area contributed by atoms with E-state index in [4.69, 9.17) is 5.11 Å². The van der Waals surface area contributed by atoms with Crippen LogP contribution >= 0.6 is 0 Å². The van der Waals surface area contributed by atoms with Crippen molar-refractivity contribution < 1.29 is 10.2 Å². The minimum atomic E-state index is 0.305. The lowest BCUT2D eigenvalue weighted by Crippen LogP contribution is -1.94. The van der Waals surface area contributed by atoms with Gasteiger partial charge in [-0.25, -0.2) is 0 Å². The molecule has 0 amide bonds. The summed E-state index contributed by atoms with van der Waals surface area (Å²) in [6.45, 7) is 8.39. The van der Waals surface area contributed by atoms with E-state index in [1.165, 1.54) is 5.56 Å². The van der Waals surface area contributed by atoms with Crippen LogP contribution in [-0.2, 0) is 0 Å². The van der Waals surface area contributed by atoms with Gasteiger partial charge in [-0.15, -0.1) is 0 Å². The second-order valence-corrected chi connectivity index (χ2v) is 7.01. The van der Waals surface area contributed by atoms with Crippen molar-refractivity contribution in [2.24, 2.45) is 0 Å². The molecule has 0 spiro atoms. The molecule has 0 saturated heterocycles. The van der Waals surface area contributed by atoms with Gasteiger partial charge in [-0.1, -0.05) is 88.4 Å². The van der Waals surface area contributed by atoms with E-state index in [0.29, 0.717) is 23.3 Å². The van der Waals surface area contributed by atoms with Crippen LogP contribution in [0.15, 0.2) is 72.8 Å². The lowest BCUT2D eigenvalue weighted by Gasteiger charge is -2.14. The van der Waals surface area contributed by atoms with Crippen LogP contribution in [0, 0.1) is 0 Å². The molecule has 3 rings (SSSR count). The van der Waals surface area contributed by atoms with Gasteiger partial charge in [-0.05, 0) is 46.2 Å². The highest BCUT2D eigenvalue weighted by Crippen LogP contribution is 2.32. The summed E-state index contributed by atoms with van der Waals surface area (Å²) in [5.74, 6) is 1.56. The molecule has 0 aliphatic carbocycles. The van der Waals surface area contributed by atoms with Gasteiger partial charge in [0.2, 0.25) is 0 Å². The van der Waals surface area contributed by atoms with Crippen molar-refractivity contribution in [3.05, 3.63) is 83.9 Å². The van der Waals surface area contributed by atoms with Gasteiger partial charge in [0.1, 0.15) is 11.5 Å². The second-order valence-electron chi connectivity index (χ2n) is 7.01. The van der Waals surface area contributed by atoms with Crippen molar-refractivity contribution in [3.63, 3.8) is 0 Å².